The Kier molecular flexibility index (Phi) is 5.06. The lowest BCUT2D eigenvalue weighted by atomic mass is 9.85. The maximum atomic E-state index is 11.5. The molecule has 136 valence electrons. The maximum absolute atomic E-state index is 11.5. The van der Waals surface area contributed by atoms with E-state index < -0.39 is 10.3 Å². The Balaban J connectivity index is 2.06. The topological polar surface area (TPSA) is 105 Å². The minimum absolute atomic E-state index is 0.125. The molecule has 0 saturated heterocycles. The van der Waals surface area contributed by atoms with Gasteiger partial charge in [-0.3, -0.25) is 15.1 Å². The van der Waals surface area contributed by atoms with Gasteiger partial charge in [0.15, 0.2) is 0 Å². The molecule has 1 aromatic carbocycles. The molecule has 1 atom stereocenters. The van der Waals surface area contributed by atoms with Gasteiger partial charge in [-0.15, -0.1) is 0 Å². The average molecular weight is 426 g/mol. The second kappa shape index (κ2) is 7.29. The number of nitrogens with zero attached hydrogens (tertiary/aromatic N) is 4. The Hall–Kier alpha value is -3.05. The Morgan fingerprint density at radius 1 is 1.30 bits per heavy atom. The fraction of sp³-hybridized carbons (Fsp3) is 0.211. The van der Waals surface area contributed by atoms with Crippen LogP contribution < -0.4 is 5.32 Å². The molecule has 0 fully saturated rings. The fourth-order valence-electron chi connectivity index (χ4n) is 2.68. The van der Waals surface area contributed by atoms with Crippen molar-refractivity contribution in [2.24, 2.45) is 0 Å². The number of nitro groups is 1. The van der Waals surface area contributed by atoms with Crippen LogP contribution in [-0.2, 0) is 5.41 Å². The van der Waals surface area contributed by atoms with E-state index in [1.165, 1.54) is 6.20 Å². The molecule has 0 spiro atoms. The Morgan fingerprint density at radius 3 is 2.67 bits per heavy atom. The molecule has 0 radical (unpaired) electrons. The van der Waals surface area contributed by atoms with Crippen molar-refractivity contribution in [3.05, 3.63) is 63.0 Å². The van der Waals surface area contributed by atoms with E-state index in [9.17, 15) is 15.4 Å². The molecule has 1 N–H and O–H groups in total. The molecular formula is C19H16BrN5O2. The summed E-state index contributed by atoms with van der Waals surface area (Å²) in [6, 6.07) is 11.2. The van der Waals surface area contributed by atoms with E-state index in [2.05, 4.69) is 37.3 Å². The van der Waals surface area contributed by atoms with Crippen molar-refractivity contribution in [2.75, 3.05) is 5.32 Å². The van der Waals surface area contributed by atoms with Gasteiger partial charge in [0, 0.05) is 9.86 Å². The molecular weight excluding hydrogens is 410 g/mol. The first kappa shape index (κ1) is 18.7. The van der Waals surface area contributed by atoms with E-state index in [-0.39, 0.29) is 5.69 Å². The van der Waals surface area contributed by atoms with Crippen LogP contribution in [0.5, 0.6) is 0 Å². The van der Waals surface area contributed by atoms with Gasteiger partial charge in [0.1, 0.15) is 11.9 Å². The maximum Gasteiger partial charge on any atom is 0.311 e. The molecule has 0 aliphatic heterocycles. The lowest BCUT2D eigenvalue weighted by Gasteiger charge is -2.19. The van der Waals surface area contributed by atoms with Crippen molar-refractivity contribution in [1.29, 1.82) is 5.26 Å². The van der Waals surface area contributed by atoms with E-state index in [0.717, 1.165) is 4.47 Å². The summed E-state index contributed by atoms with van der Waals surface area (Å²) in [5, 5.41) is 24.6. The zero-order valence-corrected chi connectivity index (χ0v) is 16.3. The second-order valence-corrected chi connectivity index (χ2v) is 7.21. The predicted molar refractivity (Wildman–Crippen MR) is 107 cm³/mol. The highest BCUT2D eigenvalue weighted by Crippen LogP contribution is 2.35. The number of aromatic nitrogens is 2. The molecule has 7 nitrogen and oxygen atoms in total. The van der Waals surface area contributed by atoms with Crippen molar-refractivity contribution < 1.29 is 4.92 Å². The number of nitriles is 1. The van der Waals surface area contributed by atoms with Crippen LogP contribution in [0.4, 0.5) is 17.1 Å². The number of benzene rings is 1. The number of anilines is 2. The van der Waals surface area contributed by atoms with Gasteiger partial charge in [0.05, 0.1) is 39.5 Å². The number of pyridine rings is 2. The third-order valence-corrected chi connectivity index (χ3v) is 5.05. The summed E-state index contributed by atoms with van der Waals surface area (Å²) in [7, 11) is 0. The van der Waals surface area contributed by atoms with Gasteiger partial charge in [-0.25, -0.2) is 4.98 Å². The molecule has 0 bridgehead atoms. The summed E-state index contributed by atoms with van der Waals surface area (Å²) in [5.74, 6) is 0. The SMILES string of the molecule is CCC(C)(C#N)c1ccc(Nc2c([N+](=O)[O-])cnc3ccc(Br)cc23)cn1. The van der Waals surface area contributed by atoms with Gasteiger partial charge in [0.2, 0.25) is 0 Å². The summed E-state index contributed by atoms with van der Waals surface area (Å²) >= 11 is 3.39. The highest BCUT2D eigenvalue weighted by molar-refractivity contribution is 9.10. The van der Waals surface area contributed by atoms with Gasteiger partial charge in [-0.2, -0.15) is 5.26 Å². The molecule has 0 aliphatic rings. The summed E-state index contributed by atoms with van der Waals surface area (Å²) < 4.78 is 0.793. The van der Waals surface area contributed by atoms with Crippen LogP contribution in [-0.4, -0.2) is 14.9 Å². The average Bonchev–Trinajstić information content (AvgIpc) is 2.68. The Labute approximate surface area is 164 Å². The minimum atomic E-state index is -0.668. The van der Waals surface area contributed by atoms with Crippen LogP contribution in [0.3, 0.4) is 0 Å². The second-order valence-electron chi connectivity index (χ2n) is 6.29. The van der Waals surface area contributed by atoms with Gasteiger partial charge in [-0.05, 0) is 43.7 Å². The summed E-state index contributed by atoms with van der Waals surface area (Å²) in [6.45, 7) is 3.77. The molecule has 8 heteroatoms. The number of hydrogen-bond acceptors (Lipinski definition) is 6. The van der Waals surface area contributed by atoms with Crippen LogP contribution in [0.1, 0.15) is 26.0 Å². The molecule has 0 aliphatic carbocycles. The highest BCUT2D eigenvalue weighted by Gasteiger charge is 2.26. The Bertz CT molecular complexity index is 1060. The highest BCUT2D eigenvalue weighted by atomic mass is 79.9. The fourth-order valence-corrected chi connectivity index (χ4v) is 3.04. The molecule has 2 heterocycles. The summed E-state index contributed by atoms with van der Waals surface area (Å²) in [6.07, 6.45) is 3.45. The quantitative estimate of drug-likeness (QED) is 0.442. The Morgan fingerprint density at radius 2 is 2.07 bits per heavy atom. The molecule has 2 aromatic heterocycles. The standard InChI is InChI=1S/C19H16BrN5O2/c1-3-19(2,11-21)17-7-5-13(9-23-17)24-18-14-8-12(20)4-6-15(14)22-10-16(18)25(26)27/h4-10H,3H2,1-2H3,(H,22,24). The van der Waals surface area contributed by atoms with Crippen LogP contribution >= 0.6 is 15.9 Å². The van der Waals surface area contributed by atoms with Gasteiger partial charge < -0.3 is 5.32 Å². The third-order valence-electron chi connectivity index (χ3n) is 4.56. The van der Waals surface area contributed by atoms with Crippen molar-refractivity contribution >= 4 is 43.9 Å². The molecule has 27 heavy (non-hydrogen) atoms. The molecule has 3 rings (SSSR count). The van der Waals surface area contributed by atoms with E-state index in [4.69, 9.17) is 0 Å². The van der Waals surface area contributed by atoms with Crippen LogP contribution in [0.25, 0.3) is 10.9 Å². The smallest absolute Gasteiger partial charge is 0.311 e. The monoisotopic (exact) mass is 425 g/mol. The van der Waals surface area contributed by atoms with Crippen LogP contribution in [0.15, 0.2) is 47.2 Å². The zero-order valence-electron chi connectivity index (χ0n) is 14.7. The number of fused-ring (bicyclic) bond motifs is 1. The van der Waals surface area contributed by atoms with Crippen molar-refractivity contribution in [3.63, 3.8) is 0 Å². The molecule has 1 unspecified atom stereocenters. The summed E-state index contributed by atoms with van der Waals surface area (Å²) in [4.78, 5) is 19.5. The van der Waals surface area contributed by atoms with E-state index in [1.54, 1.807) is 30.5 Å². The summed E-state index contributed by atoms with van der Waals surface area (Å²) in [5.41, 5.74) is 1.44. The normalized spacial score (nSPS) is 13.0. The zero-order chi connectivity index (χ0) is 19.6. The first-order valence-corrected chi connectivity index (χ1v) is 9.04. The van der Waals surface area contributed by atoms with Crippen molar-refractivity contribution in [2.45, 2.75) is 25.7 Å². The van der Waals surface area contributed by atoms with Gasteiger partial charge >= 0.3 is 5.69 Å². The van der Waals surface area contributed by atoms with Crippen LogP contribution in [0.2, 0.25) is 0 Å². The van der Waals surface area contributed by atoms with Crippen molar-refractivity contribution in [3.8, 4) is 6.07 Å². The third kappa shape index (κ3) is 3.59. The number of halogens is 1. The molecule has 0 saturated carbocycles. The van der Waals surface area contributed by atoms with Crippen molar-refractivity contribution in [1.82, 2.24) is 9.97 Å². The number of rotatable bonds is 5. The minimum Gasteiger partial charge on any atom is -0.348 e. The van der Waals surface area contributed by atoms with Gasteiger partial charge in [-0.1, -0.05) is 22.9 Å². The van der Waals surface area contributed by atoms with E-state index >= 15 is 0 Å². The van der Waals surface area contributed by atoms with Gasteiger partial charge in [0.25, 0.3) is 0 Å². The van der Waals surface area contributed by atoms with Crippen LogP contribution in [0, 0.1) is 21.4 Å². The predicted octanol–water partition coefficient (Wildman–Crippen LogP) is 5.24. The number of hydrogen-bond donors (Lipinski definition) is 1. The largest absolute Gasteiger partial charge is 0.348 e. The molecule has 3 aromatic rings. The van der Waals surface area contributed by atoms with E-state index in [0.29, 0.717) is 34.4 Å². The first-order valence-electron chi connectivity index (χ1n) is 8.25. The first-order chi connectivity index (χ1) is 12.9. The lowest BCUT2D eigenvalue weighted by Crippen LogP contribution is -2.19. The van der Waals surface area contributed by atoms with E-state index in [1.807, 2.05) is 19.9 Å². The lowest BCUT2D eigenvalue weighted by molar-refractivity contribution is -0.384. The molecule has 0 amide bonds. The number of nitrogens with one attached hydrogen (secondary N) is 1.